The number of hydrogen-bond donors (Lipinski definition) is 1. The van der Waals surface area contributed by atoms with Gasteiger partial charge in [0.15, 0.2) is 5.79 Å². The van der Waals surface area contributed by atoms with E-state index >= 15 is 0 Å². The second-order valence-electron chi connectivity index (χ2n) is 4.84. The first-order valence-electron chi connectivity index (χ1n) is 6.26. The van der Waals surface area contributed by atoms with Gasteiger partial charge in [0.25, 0.3) is 0 Å². The van der Waals surface area contributed by atoms with Crippen LogP contribution in [0.25, 0.3) is 0 Å². The van der Waals surface area contributed by atoms with Crippen LogP contribution in [0.4, 0.5) is 15.8 Å². The Hall–Kier alpha value is -1.33. The van der Waals surface area contributed by atoms with E-state index in [2.05, 4.69) is 0 Å². The van der Waals surface area contributed by atoms with Gasteiger partial charge in [0, 0.05) is 18.7 Å². The van der Waals surface area contributed by atoms with Crippen molar-refractivity contribution in [2.75, 3.05) is 36.9 Å². The standard InChI is InChI=1S/C13H17FN2O2/c14-11-8-10(15)2-3-12(11)16-5-1-4-13(9-16)17-6-7-18-13/h2-3,8H,1,4-7,9,15H2. The van der Waals surface area contributed by atoms with Crippen LogP contribution in [0, 0.1) is 5.82 Å². The minimum absolute atomic E-state index is 0.287. The third-order valence-corrected chi connectivity index (χ3v) is 3.54. The lowest BCUT2D eigenvalue weighted by Crippen LogP contribution is -2.49. The molecule has 3 rings (SSSR count). The minimum atomic E-state index is -0.536. The van der Waals surface area contributed by atoms with Gasteiger partial charge in [-0.25, -0.2) is 4.39 Å². The molecule has 0 aliphatic carbocycles. The number of nitrogen functional groups attached to an aromatic ring is 1. The maximum atomic E-state index is 13.9. The van der Waals surface area contributed by atoms with Crippen LogP contribution in [0.2, 0.25) is 0 Å². The van der Waals surface area contributed by atoms with E-state index in [0.29, 0.717) is 31.1 Å². The lowest BCUT2D eigenvalue weighted by Gasteiger charge is -2.39. The molecule has 2 aliphatic heterocycles. The smallest absolute Gasteiger partial charge is 0.186 e. The number of nitrogens with zero attached hydrogens (tertiary/aromatic N) is 1. The molecule has 0 radical (unpaired) electrons. The van der Waals surface area contributed by atoms with Crippen molar-refractivity contribution in [1.82, 2.24) is 0 Å². The summed E-state index contributed by atoms with van der Waals surface area (Å²) in [6.07, 6.45) is 1.81. The first-order valence-corrected chi connectivity index (χ1v) is 6.26. The lowest BCUT2D eigenvalue weighted by molar-refractivity contribution is -0.161. The molecule has 2 fully saturated rings. The molecule has 2 N–H and O–H groups in total. The molecule has 0 amide bonds. The summed E-state index contributed by atoms with van der Waals surface area (Å²) < 4.78 is 25.3. The second kappa shape index (κ2) is 4.40. The van der Waals surface area contributed by atoms with Crippen molar-refractivity contribution in [2.45, 2.75) is 18.6 Å². The highest BCUT2D eigenvalue weighted by Gasteiger charge is 2.41. The number of rotatable bonds is 1. The quantitative estimate of drug-likeness (QED) is 0.774. The summed E-state index contributed by atoms with van der Waals surface area (Å²) in [5, 5.41) is 0. The second-order valence-corrected chi connectivity index (χ2v) is 4.84. The summed E-state index contributed by atoms with van der Waals surface area (Å²) in [4.78, 5) is 1.98. The van der Waals surface area contributed by atoms with Gasteiger partial charge in [0.1, 0.15) is 5.82 Å². The van der Waals surface area contributed by atoms with Crippen molar-refractivity contribution in [3.05, 3.63) is 24.0 Å². The Kier molecular flexibility index (Phi) is 2.87. The monoisotopic (exact) mass is 252 g/mol. The average molecular weight is 252 g/mol. The normalized spacial score (nSPS) is 22.6. The Morgan fingerprint density at radius 3 is 2.78 bits per heavy atom. The molecule has 98 valence electrons. The van der Waals surface area contributed by atoms with Crippen molar-refractivity contribution in [3.63, 3.8) is 0 Å². The molecule has 18 heavy (non-hydrogen) atoms. The molecule has 0 atom stereocenters. The Morgan fingerprint density at radius 1 is 1.28 bits per heavy atom. The predicted molar refractivity (Wildman–Crippen MR) is 66.9 cm³/mol. The molecule has 0 aromatic heterocycles. The zero-order valence-corrected chi connectivity index (χ0v) is 10.2. The molecule has 2 saturated heterocycles. The van der Waals surface area contributed by atoms with E-state index in [4.69, 9.17) is 15.2 Å². The van der Waals surface area contributed by atoms with Crippen LogP contribution in [0.3, 0.4) is 0 Å². The zero-order chi connectivity index (χ0) is 12.6. The van der Waals surface area contributed by atoms with Gasteiger partial charge in [-0.15, -0.1) is 0 Å². The summed E-state index contributed by atoms with van der Waals surface area (Å²) >= 11 is 0. The van der Waals surface area contributed by atoms with Crippen molar-refractivity contribution in [3.8, 4) is 0 Å². The van der Waals surface area contributed by atoms with E-state index < -0.39 is 5.79 Å². The fourth-order valence-electron chi connectivity index (χ4n) is 2.71. The Bertz CT molecular complexity index is 447. The molecule has 0 saturated carbocycles. The molecule has 0 unspecified atom stereocenters. The van der Waals surface area contributed by atoms with E-state index in [1.807, 2.05) is 4.90 Å². The number of anilines is 2. The summed E-state index contributed by atoms with van der Waals surface area (Å²) in [5.74, 6) is -0.823. The van der Waals surface area contributed by atoms with E-state index in [1.54, 1.807) is 12.1 Å². The first kappa shape index (κ1) is 11.7. The van der Waals surface area contributed by atoms with Gasteiger partial charge >= 0.3 is 0 Å². The van der Waals surface area contributed by atoms with Crippen LogP contribution in [-0.4, -0.2) is 32.1 Å². The van der Waals surface area contributed by atoms with E-state index in [9.17, 15) is 4.39 Å². The van der Waals surface area contributed by atoms with Crippen LogP contribution in [-0.2, 0) is 9.47 Å². The van der Waals surface area contributed by atoms with E-state index in [0.717, 1.165) is 19.4 Å². The molecule has 5 heteroatoms. The zero-order valence-electron chi connectivity index (χ0n) is 10.2. The van der Waals surface area contributed by atoms with Crippen LogP contribution in [0.1, 0.15) is 12.8 Å². The van der Waals surface area contributed by atoms with Crippen molar-refractivity contribution in [2.24, 2.45) is 0 Å². The maximum Gasteiger partial charge on any atom is 0.186 e. The van der Waals surface area contributed by atoms with Crippen LogP contribution < -0.4 is 10.6 Å². The van der Waals surface area contributed by atoms with Gasteiger partial charge in [-0.05, 0) is 24.6 Å². The molecule has 1 aromatic rings. The molecule has 2 aliphatic rings. The number of piperidine rings is 1. The molecule has 1 spiro atoms. The topological polar surface area (TPSA) is 47.7 Å². The number of benzene rings is 1. The number of hydrogen-bond acceptors (Lipinski definition) is 4. The van der Waals surface area contributed by atoms with Gasteiger partial charge < -0.3 is 20.1 Å². The summed E-state index contributed by atoms with van der Waals surface area (Å²) in [5.41, 5.74) is 6.58. The molecule has 1 aromatic carbocycles. The van der Waals surface area contributed by atoms with Gasteiger partial charge in [-0.2, -0.15) is 0 Å². The lowest BCUT2D eigenvalue weighted by atomic mass is 10.0. The first-order chi connectivity index (χ1) is 8.69. The highest BCUT2D eigenvalue weighted by Crippen LogP contribution is 2.33. The highest BCUT2D eigenvalue weighted by atomic mass is 19.1. The Labute approximate surface area is 105 Å². The summed E-state index contributed by atoms with van der Waals surface area (Å²) in [6, 6.07) is 4.79. The SMILES string of the molecule is Nc1ccc(N2CCCC3(C2)OCCO3)c(F)c1. The van der Waals surface area contributed by atoms with E-state index in [1.165, 1.54) is 6.07 Å². The molecule has 0 bridgehead atoms. The molecular formula is C13H17FN2O2. The fraction of sp³-hybridized carbons (Fsp3) is 0.538. The molecular weight excluding hydrogens is 235 g/mol. The van der Waals surface area contributed by atoms with Gasteiger partial charge in [0.05, 0.1) is 25.4 Å². The van der Waals surface area contributed by atoms with Gasteiger partial charge in [-0.3, -0.25) is 0 Å². The van der Waals surface area contributed by atoms with Crippen LogP contribution >= 0.6 is 0 Å². The summed E-state index contributed by atoms with van der Waals surface area (Å²) in [7, 11) is 0. The third-order valence-electron chi connectivity index (χ3n) is 3.54. The fourth-order valence-corrected chi connectivity index (χ4v) is 2.71. The summed E-state index contributed by atoms with van der Waals surface area (Å²) in [6.45, 7) is 2.64. The number of nitrogens with two attached hydrogens (primary N) is 1. The predicted octanol–water partition coefficient (Wildman–Crippen LogP) is 1.75. The van der Waals surface area contributed by atoms with Crippen molar-refractivity contribution >= 4 is 11.4 Å². The molecule has 4 nitrogen and oxygen atoms in total. The largest absolute Gasteiger partial charge is 0.399 e. The average Bonchev–Trinajstić information content (AvgIpc) is 2.77. The highest BCUT2D eigenvalue weighted by molar-refractivity contribution is 5.55. The van der Waals surface area contributed by atoms with Gasteiger partial charge in [0.2, 0.25) is 0 Å². The maximum absolute atomic E-state index is 13.9. The number of halogens is 1. The Balaban J connectivity index is 1.83. The van der Waals surface area contributed by atoms with Crippen molar-refractivity contribution < 1.29 is 13.9 Å². The Morgan fingerprint density at radius 2 is 2.06 bits per heavy atom. The van der Waals surface area contributed by atoms with E-state index in [-0.39, 0.29) is 5.82 Å². The minimum Gasteiger partial charge on any atom is -0.399 e. The van der Waals surface area contributed by atoms with Crippen LogP contribution in [0.15, 0.2) is 18.2 Å². The molecule has 2 heterocycles. The van der Waals surface area contributed by atoms with Crippen molar-refractivity contribution in [1.29, 1.82) is 0 Å². The van der Waals surface area contributed by atoms with Crippen LogP contribution in [0.5, 0.6) is 0 Å². The third kappa shape index (κ3) is 2.04. The number of ether oxygens (including phenoxy) is 2. The van der Waals surface area contributed by atoms with Gasteiger partial charge in [-0.1, -0.05) is 0 Å².